The quantitative estimate of drug-likeness (QED) is 0.669. The van der Waals surface area contributed by atoms with Gasteiger partial charge in [0.2, 0.25) is 0 Å². The number of rotatable bonds is 3. The molecule has 0 radical (unpaired) electrons. The number of amides is 1. The van der Waals surface area contributed by atoms with Crippen molar-refractivity contribution in [3.05, 3.63) is 39.4 Å². The van der Waals surface area contributed by atoms with Gasteiger partial charge in [0, 0.05) is 19.2 Å². The van der Waals surface area contributed by atoms with Crippen molar-refractivity contribution in [2.45, 2.75) is 13.1 Å². The highest BCUT2D eigenvalue weighted by Gasteiger charge is 2.40. The lowest BCUT2D eigenvalue weighted by Crippen LogP contribution is -2.30. The van der Waals surface area contributed by atoms with Crippen LogP contribution in [0.3, 0.4) is 0 Å². The molecule has 0 bridgehead atoms. The molecule has 2 rings (SSSR count). The zero-order valence-corrected chi connectivity index (χ0v) is 12.4. The molecule has 0 saturated carbocycles. The number of nitro benzene ring substituents is 1. The molecule has 0 unspecified atom stereocenters. The van der Waals surface area contributed by atoms with E-state index < -0.39 is 45.7 Å². The van der Waals surface area contributed by atoms with E-state index >= 15 is 0 Å². The van der Waals surface area contributed by atoms with Crippen molar-refractivity contribution in [1.29, 1.82) is 0 Å². The Balaban J connectivity index is 2.36. The van der Waals surface area contributed by atoms with Gasteiger partial charge in [0.05, 0.1) is 16.4 Å². The van der Waals surface area contributed by atoms with Crippen LogP contribution in [0.5, 0.6) is 0 Å². The summed E-state index contributed by atoms with van der Waals surface area (Å²) in [6.07, 6.45) is -4.77. The summed E-state index contributed by atoms with van der Waals surface area (Å²) in [5, 5.41) is 20.1. The van der Waals surface area contributed by atoms with E-state index in [4.69, 9.17) is 5.11 Å². The molecular formula is C14H13F3N2O5. The Morgan fingerprint density at radius 2 is 1.96 bits per heavy atom. The summed E-state index contributed by atoms with van der Waals surface area (Å²) in [5.41, 5.74) is -2.68. The monoisotopic (exact) mass is 346 g/mol. The third-order valence-corrected chi connectivity index (χ3v) is 3.97. The summed E-state index contributed by atoms with van der Waals surface area (Å²) in [5.74, 6) is -3.13. The van der Waals surface area contributed by atoms with Crippen molar-refractivity contribution in [1.82, 2.24) is 4.90 Å². The molecule has 7 nitrogen and oxygen atoms in total. The number of carbonyl (C=O) groups is 2. The Kier molecular flexibility index (Phi) is 4.50. The van der Waals surface area contributed by atoms with Gasteiger partial charge < -0.3 is 10.0 Å². The standard InChI is InChI=1S/C14H13F3N2O5/c1-7-5-18(6-10(7)13(21)22)12(20)9-3-2-8(14(15,16)17)4-11(9)19(23)24/h2-4,7,10H,5-6H2,1H3,(H,21,22)/t7-,10-/m1/s1. The topological polar surface area (TPSA) is 101 Å². The highest BCUT2D eigenvalue weighted by Crippen LogP contribution is 2.34. The zero-order valence-electron chi connectivity index (χ0n) is 12.4. The van der Waals surface area contributed by atoms with Crippen molar-refractivity contribution in [2.75, 3.05) is 13.1 Å². The smallest absolute Gasteiger partial charge is 0.416 e. The molecular weight excluding hydrogens is 333 g/mol. The normalized spacial score (nSPS) is 20.9. The Labute approximate surface area is 133 Å². The fourth-order valence-corrected chi connectivity index (χ4v) is 2.66. The molecule has 10 heteroatoms. The van der Waals surface area contributed by atoms with Gasteiger partial charge in [0.25, 0.3) is 11.6 Å². The van der Waals surface area contributed by atoms with Gasteiger partial charge in [-0.1, -0.05) is 6.92 Å². The Morgan fingerprint density at radius 3 is 2.42 bits per heavy atom. The Hall–Kier alpha value is -2.65. The van der Waals surface area contributed by atoms with E-state index in [0.717, 1.165) is 11.0 Å². The second-order valence-corrected chi connectivity index (χ2v) is 5.62. The number of carboxylic acid groups (broad SMARTS) is 1. The number of hydrogen-bond acceptors (Lipinski definition) is 4. The maximum Gasteiger partial charge on any atom is 0.416 e. The maximum atomic E-state index is 12.7. The van der Waals surface area contributed by atoms with Gasteiger partial charge in [0.1, 0.15) is 5.56 Å². The van der Waals surface area contributed by atoms with Gasteiger partial charge >= 0.3 is 12.1 Å². The number of hydrogen-bond donors (Lipinski definition) is 1. The summed E-state index contributed by atoms with van der Waals surface area (Å²) >= 11 is 0. The minimum absolute atomic E-state index is 0.0635. The molecule has 0 aliphatic carbocycles. The van der Waals surface area contributed by atoms with Crippen molar-refractivity contribution < 1.29 is 32.8 Å². The van der Waals surface area contributed by atoms with E-state index in [1.165, 1.54) is 0 Å². The number of carboxylic acids is 1. The van der Waals surface area contributed by atoms with Crippen LogP contribution in [0.25, 0.3) is 0 Å². The minimum Gasteiger partial charge on any atom is -0.481 e. The second-order valence-electron chi connectivity index (χ2n) is 5.62. The molecule has 1 amide bonds. The molecule has 1 N–H and O–H groups in total. The number of halogens is 3. The first-order valence-electron chi connectivity index (χ1n) is 6.90. The number of benzene rings is 1. The molecule has 0 spiro atoms. The number of carbonyl (C=O) groups excluding carboxylic acids is 1. The predicted molar refractivity (Wildman–Crippen MR) is 74.3 cm³/mol. The van der Waals surface area contributed by atoms with Gasteiger partial charge in [0.15, 0.2) is 0 Å². The van der Waals surface area contributed by atoms with Crippen molar-refractivity contribution in [3.63, 3.8) is 0 Å². The molecule has 2 atom stereocenters. The van der Waals surface area contributed by atoms with E-state index in [1.807, 2.05) is 0 Å². The van der Waals surface area contributed by atoms with Crippen LogP contribution in [0.2, 0.25) is 0 Å². The SMILES string of the molecule is C[C@@H]1CN(C(=O)c2ccc(C(F)(F)F)cc2[N+](=O)[O-])C[C@H]1C(=O)O. The molecule has 1 aliphatic heterocycles. The van der Waals surface area contributed by atoms with Crippen LogP contribution in [0.4, 0.5) is 18.9 Å². The van der Waals surface area contributed by atoms with E-state index in [0.29, 0.717) is 12.1 Å². The Bertz CT molecular complexity index is 704. The first-order valence-corrected chi connectivity index (χ1v) is 6.90. The highest BCUT2D eigenvalue weighted by atomic mass is 19.4. The number of likely N-dealkylation sites (tertiary alicyclic amines) is 1. The average Bonchev–Trinajstić information content (AvgIpc) is 2.87. The van der Waals surface area contributed by atoms with Gasteiger partial charge in [-0.05, 0) is 18.1 Å². The lowest BCUT2D eigenvalue weighted by Gasteiger charge is -2.16. The number of alkyl halides is 3. The van der Waals surface area contributed by atoms with Gasteiger partial charge in [-0.25, -0.2) is 0 Å². The van der Waals surface area contributed by atoms with E-state index in [-0.39, 0.29) is 19.0 Å². The summed E-state index contributed by atoms with van der Waals surface area (Å²) in [6.45, 7) is 1.54. The molecule has 1 aromatic rings. The fraction of sp³-hybridized carbons (Fsp3) is 0.429. The number of aliphatic carboxylic acids is 1. The van der Waals surface area contributed by atoms with Crippen LogP contribution in [0, 0.1) is 22.0 Å². The lowest BCUT2D eigenvalue weighted by molar-refractivity contribution is -0.385. The van der Waals surface area contributed by atoms with Crippen LogP contribution in [-0.4, -0.2) is 39.9 Å². The molecule has 1 aromatic carbocycles. The van der Waals surface area contributed by atoms with Crippen LogP contribution in [0.1, 0.15) is 22.8 Å². The van der Waals surface area contributed by atoms with Crippen molar-refractivity contribution >= 4 is 17.6 Å². The van der Waals surface area contributed by atoms with Crippen LogP contribution in [0.15, 0.2) is 18.2 Å². The molecule has 1 heterocycles. The first-order chi connectivity index (χ1) is 11.0. The summed E-state index contributed by atoms with van der Waals surface area (Å²) in [4.78, 5) is 34.6. The second kappa shape index (κ2) is 6.10. The summed E-state index contributed by atoms with van der Waals surface area (Å²) in [6, 6.07) is 1.65. The largest absolute Gasteiger partial charge is 0.481 e. The van der Waals surface area contributed by atoms with E-state index in [1.54, 1.807) is 6.92 Å². The lowest BCUT2D eigenvalue weighted by atomic mass is 9.99. The fourth-order valence-electron chi connectivity index (χ4n) is 2.66. The van der Waals surface area contributed by atoms with Crippen molar-refractivity contribution in [2.24, 2.45) is 11.8 Å². The predicted octanol–water partition coefficient (Wildman–Crippen LogP) is 2.41. The third kappa shape index (κ3) is 3.31. The summed E-state index contributed by atoms with van der Waals surface area (Å²) in [7, 11) is 0. The molecule has 24 heavy (non-hydrogen) atoms. The number of nitrogens with zero attached hydrogens (tertiary/aromatic N) is 2. The molecule has 1 fully saturated rings. The average molecular weight is 346 g/mol. The molecule has 130 valence electrons. The zero-order chi connectivity index (χ0) is 18.2. The molecule has 1 aliphatic rings. The third-order valence-electron chi connectivity index (χ3n) is 3.97. The van der Waals surface area contributed by atoms with Crippen LogP contribution in [-0.2, 0) is 11.0 Å². The number of nitro groups is 1. The first kappa shape index (κ1) is 17.7. The van der Waals surface area contributed by atoms with Gasteiger partial charge in [-0.15, -0.1) is 0 Å². The maximum absolute atomic E-state index is 12.7. The van der Waals surface area contributed by atoms with Crippen LogP contribution < -0.4 is 0 Å². The highest BCUT2D eigenvalue weighted by molar-refractivity contribution is 5.98. The van der Waals surface area contributed by atoms with Gasteiger partial charge in [-0.3, -0.25) is 19.7 Å². The van der Waals surface area contributed by atoms with E-state index in [9.17, 15) is 32.9 Å². The molecule has 0 aromatic heterocycles. The molecule has 1 saturated heterocycles. The Morgan fingerprint density at radius 1 is 1.33 bits per heavy atom. The van der Waals surface area contributed by atoms with E-state index in [2.05, 4.69) is 0 Å². The van der Waals surface area contributed by atoms with Gasteiger partial charge in [-0.2, -0.15) is 13.2 Å². The summed E-state index contributed by atoms with van der Waals surface area (Å²) < 4.78 is 38.0. The van der Waals surface area contributed by atoms with Crippen molar-refractivity contribution in [3.8, 4) is 0 Å². The minimum atomic E-state index is -4.77. The van der Waals surface area contributed by atoms with Crippen LogP contribution >= 0.6 is 0 Å².